The van der Waals surface area contributed by atoms with Crippen molar-refractivity contribution in [3.05, 3.63) is 0 Å². The first-order valence-electron chi connectivity index (χ1n) is 15.2. The monoisotopic (exact) mass is 956 g/mol. The lowest BCUT2D eigenvalue weighted by Gasteiger charge is -2.39. The van der Waals surface area contributed by atoms with Crippen molar-refractivity contribution < 1.29 is 138 Å². The molecule has 1 atom stereocenters. The fourth-order valence-corrected chi connectivity index (χ4v) is 5.24. The van der Waals surface area contributed by atoms with E-state index in [-0.39, 0.29) is 16.8 Å². The van der Waals surface area contributed by atoms with Crippen LogP contribution in [-0.4, -0.2) is 140 Å². The van der Waals surface area contributed by atoms with Gasteiger partial charge in [0.15, 0.2) is 0 Å². The molecule has 0 radical (unpaired) electrons. The van der Waals surface area contributed by atoms with E-state index in [1.54, 1.807) is 0 Å². The second-order valence-electron chi connectivity index (χ2n) is 13.2. The van der Waals surface area contributed by atoms with Crippen molar-refractivity contribution in [1.29, 1.82) is 0 Å². The third-order valence-corrected chi connectivity index (χ3v) is 8.65. The zero-order valence-electron chi connectivity index (χ0n) is 29.3. The van der Waals surface area contributed by atoms with Gasteiger partial charge in [-0.25, -0.2) is 0 Å². The van der Waals surface area contributed by atoms with E-state index in [9.17, 15) is 124 Å². The summed E-state index contributed by atoms with van der Waals surface area (Å²) in [5.41, 5.74) is 0. The van der Waals surface area contributed by atoms with E-state index in [2.05, 4.69) is 9.47 Å². The Hall–Kier alpha value is -2.57. The molecule has 32 heteroatoms. The summed E-state index contributed by atoms with van der Waals surface area (Å²) in [4.78, 5) is 24.7. The van der Waals surface area contributed by atoms with Gasteiger partial charge in [0.1, 0.15) is 5.25 Å². The summed E-state index contributed by atoms with van der Waals surface area (Å²) in [7, 11) is 4.58. The smallest absolute Gasteiger partial charge is 0.460 e. The lowest BCUT2D eigenvalue weighted by atomic mass is 9.92. The molecule has 0 spiro atoms. The molecular formula is C27H28F26NO4S+. The van der Waals surface area contributed by atoms with Gasteiger partial charge in [-0.3, -0.25) is 9.59 Å². The van der Waals surface area contributed by atoms with Crippen LogP contribution in [0.1, 0.15) is 32.1 Å². The van der Waals surface area contributed by atoms with Crippen molar-refractivity contribution in [3.63, 3.8) is 0 Å². The number of halogens is 26. The van der Waals surface area contributed by atoms with Gasteiger partial charge in [0.2, 0.25) is 0 Å². The molecule has 59 heavy (non-hydrogen) atoms. The zero-order chi connectivity index (χ0) is 47.7. The van der Waals surface area contributed by atoms with E-state index in [0.717, 1.165) is 0 Å². The van der Waals surface area contributed by atoms with Crippen LogP contribution in [0.4, 0.5) is 114 Å². The van der Waals surface area contributed by atoms with Crippen LogP contribution in [0.2, 0.25) is 0 Å². The van der Waals surface area contributed by atoms with Crippen molar-refractivity contribution in [1.82, 2.24) is 0 Å². The number of ether oxygens (including phenoxy) is 2. The summed E-state index contributed by atoms with van der Waals surface area (Å²) >= 11 is 0.399. The summed E-state index contributed by atoms with van der Waals surface area (Å²) in [6, 6.07) is 0. The molecule has 1 unspecified atom stereocenters. The van der Waals surface area contributed by atoms with E-state index in [4.69, 9.17) is 0 Å². The molecule has 0 aromatic heterocycles. The molecule has 0 aliphatic rings. The van der Waals surface area contributed by atoms with Crippen LogP contribution in [0.15, 0.2) is 0 Å². The Morgan fingerprint density at radius 1 is 0.475 bits per heavy atom. The lowest BCUT2D eigenvalue weighted by molar-refractivity contribution is -0.867. The number of nitrogens with zero attached hydrogens (tertiary/aromatic N) is 1. The van der Waals surface area contributed by atoms with Gasteiger partial charge in [-0.2, -0.15) is 114 Å². The fourth-order valence-electron chi connectivity index (χ4n) is 3.85. The number of carbonyl (C=O) groups excluding carboxylic acids is 2. The predicted octanol–water partition coefficient (Wildman–Crippen LogP) is 10.3. The number of esters is 2. The molecule has 0 rings (SSSR count). The molecule has 0 heterocycles. The number of carbonyl (C=O) groups is 2. The van der Waals surface area contributed by atoms with Crippen molar-refractivity contribution >= 4 is 23.7 Å². The minimum absolute atomic E-state index is 0.0684. The van der Waals surface area contributed by atoms with E-state index in [1.807, 2.05) is 0 Å². The number of thioether (sulfide) groups is 1. The standard InChI is InChI=1S/C27H28F26NO4S/c1-54(2,3)8-11-59-13(15(56)58-10-5-7-17(30,31)19(34,35)21(38,39)23(42,43)25(46,47)27(51,52)53)12-14(55)57-9-4-6-16(28,29)18(32,33)20(36,37)22(40,41)24(44,45)26(48,49)50/h13H,4-12H2,1-3H3/q+1. The van der Waals surface area contributed by atoms with Gasteiger partial charge in [-0.1, -0.05) is 0 Å². The van der Waals surface area contributed by atoms with Crippen molar-refractivity contribution in [2.45, 2.75) is 109 Å². The molecule has 0 bridgehead atoms. The van der Waals surface area contributed by atoms with Crippen LogP contribution >= 0.6 is 11.8 Å². The minimum Gasteiger partial charge on any atom is -0.466 e. The number of hydrogen-bond donors (Lipinski definition) is 0. The van der Waals surface area contributed by atoms with Crippen LogP contribution in [0.5, 0.6) is 0 Å². The first-order valence-corrected chi connectivity index (χ1v) is 16.3. The average molecular weight is 957 g/mol. The first kappa shape index (κ1) is 56.4. The first-order chi connectivity index (χ1) is 25.6. The number of hydrogen-bond acceptors (Lipinski definition) is 5. The van der Waals surface area contributed by atoms with E-state index >= 15 is 0 Å². The molecule has 0 aliphatic carbocycles. The quantitative estimate of drug-likeness (QED) is 0.0442. The second kappa shape index (κ2) is 17.7. The predicted molar refractivity (Wildman–Crippen MR) is 146 cm³/mol. The van der Waals surface area contributed by atoms with Gasteiger partial charge in [0, 0.05) is 18.6 Å². The van der Waals surface area contributed by atoms with Crippen molar-refractivity contribution in [2.75, 3.05) is 46.7 Å². The Morgan fingerprint density at radius 2 is 0.780 bits per heavy atom. The highest BCUT2D eigenvalue weighted by Crippen LogP contribution is 2.62. The average Bonchev–Trinajstić information content (AvgIpc) is 3.02. The van der Waals surface area contributed by atoms with Gasteiger partial charge in [0.25, 0.3) is 0 Å². The van der Waals surface area contributed by atoms with E-state index in [0.29, 0.717) is 11.8 Å². The van der Waals surface area contributed by atoms with E-state index < -0.39 is 134 Å². The zero-order valence-corrected chi connectivity index (χ0v) is 30.1. The normalized spacial score (nSPS) is 15.9. The summed E-state index contributed by atoms with van der Waals surface area (Å²) in [5, 5.41) is -1.94. The Kier molecular flexibility index (Phi) is 16.9. The topological polar surface area (TPSA) is 52.6 Å². The molecule has 5 nitrogen and oxygen atoms in total. The summed E-state index contributed by atoms with van der Waals surface area (Å²) in [6.45, 7) is -3.13. The van der Waals surface area contributed by atoms with Crippen molar-refractivity contribution in [2.24, 2.45) is 0 Å². The molecular weight excluding hydrogens is 928 g/mol. The summed E-state index contributed by atoms with van der Waals surface area (Å²) < 4.78 is 353. The molecule has 0 aliphatic heterocycles. The van der Waals surface area contributed by atoms with E-state index in [1.165, 1.54) is 21.1 Å². The largest absolute Gasteiger partial charge is 0.466 e. The Morgan fingerprint density at radius 3 is 1.08 bits per heavy atom. The second-order valence-corrected chi connectivity index (χ2v) is 14.5. The third kappa shape index (κ3) is 11.3. The van der Waals surface area contributed by atoms with Crippen LogP contribution in [0, 0.1) is 0 Å². The van der Waals surface area contributed by atoms with Crippen LogP contribution in [-0.2, 0) is 19.1 Å². The highest BCUT2D eigenvalue weighted by molar-refractivity contribution is 8.00. The minimum atomic E-state index is -8.18. The van der Waals surface area contributed by atoms with Crippen LogP contribution in [0.3, 0.4) is 0 Å². The maximum atomic E-state index is 14.0. The van der Waals surface area contributed by atoms with Gasteiger partial charge in [0.05, 0.1) is 47.3 Å². The Bertz CT molecular complexity index is 1420. The molecule has 0 N–H and O–H groups in total. The molecule has 0 saturated heterocycles. The lowest BCUT2D eigenvalue weighted by Crippen LogP contribution is -2.70. The molecule has 0 fully saturated rings. The number of rotatable bonds is 23. The SMILES string of the molecule is C[N+](C)(C)CCSC(CC(=O)OCCCC(F)(F)C(F)(F)C(F)(F)C(F)(F)C(F)(F)C(F)(F)F)C(=O)OCCCC(F)(F)C(F)(F)C(F)(F)C(F)(F)C(F)(F)C(F)(F)F. The van der Waals surface area contributed by atoms with Gasteiger partial charge >= 0.3 is 83.5 Å². The molecule has 0 saturated carbocycles. The number of quaternary nitrogens is 1. The summed E-state index contributed by atoms with van der Waals surface area (Å²) in [6.07, 6.45) is -25.7. The molecule has 0 amide bonds. The van der Waals surface area contributed by atoms with Gasteiger partial charge in [-0.05, 0) is 12.8 Å². The fraction of sp³-hybridized carbons (Fsp3) is 0.926. The Balaban J connectivity index is 5.79. The highest BCUT2D eigenvalue weighted by atomic mass is 32.2. The van der Waals surface area contributed by atoms with Crippen LogP contribution < -0.4 is 0 Å². The summed E-state index contributed by atoms with van der Waals surface area (Å²) in [5.74, 6) is -80.6. The maximum absolute atomic E-state index is 14.0. The number of alkyl halides is 26. The molecule has 352 valence electrons. The third-order valence-electron chi connectivity index (χ3n) is 7.47. The maximum Gasteiger partial charge on any atom is 0.460 e. The highest BCUT2D eigenvalue weighted by Gasteiger charge is 2.92. The molecule has 0 aromatic rings. The van der Waals surface area contributed by atoms with Crippen molar-refractivity contribution in [3.8, 4) is 0 Å². The van der Waals surface area contributed by atoms with Gasteiger partial charge in [-0.15, -0.1) is 11.8 Å². The van der Waals surface area contributed by atoms with Crippen LogP contribution in [0.25, 0.3) is 0 Å². The van der Waals surface area contributed by atoms with Gasteiger partial charge < -0.3 is 14.0 Å². The Labute approximate surface area is 317 Å². The molecule has 0 aromatic carbocycles.